The van der Waals surface area contributed by atoms with E-state index in [1.165, 1.54) is 25.9 Å². The van der Waals surface area contributed by atoms with Crippen LogP contribution in [0.3, 0.4) is 0 Å². The standard InChI is InChI=1S/C9H19N/c1-4-9(8(2)3)5-6-10-7-9/h8,10H,4-7H2,1-3H3/t9-/m0/s1. The van der Waals surface area contributed by atoms with Gasteiger partial charge in [-0.05, 0) is 30.7 Å². The molecule has 1 rings (SSSR count). The SMILES string of the molecule is CC[C@]1(C(C)C)CCNC1. The molecule has 0 aliphatic carbocycles. The molecule has 0 aromatic carbocycles. The highest BCUT2D eigenvalue weighted by molar-refractivity contribution is 4.88. The fourth-order valence-electron chi connectivity index (χ4n) is 1.97. The summed E-state index contributed by atoms with van der Waals surface area (Å²) in [4.78, 5) is 0. The molecule has 0 spiro atoms. The summed E-state index contributed by atoms with van der Waals surface area (Å²) < 4.78 is 0. The molecule has 0 aromatic rings. The van der Waals surface area contributed by atoms with Gasteiger partial charge >= 0.3 is 0 Å². The zero-order chi connectivity index (χ0) is 7.61. The van der Waals surface area contributed by atoms with E-state index in [0.29, 0.717) is 5.41 Å². The largest absolute Gasteiger partial charge is 0.316 e. The van der Waals surface area contributed by atoms with E-state index >= 15 is 0 Å². The first-order valence-corrected chi connectivity index (χ1v) is 4.42. The molecule has 1 heteroatoms. The van der Waals surface area contributed by atoms with Crippen molar-refractivity contribution in [1.29, 1.82) is 0 Å². The lowest BCUT2D eigenvalue weighted by atomic mass is 9.74. The van der Waals surface area contributed by atoms with E-state index in [1.807, 2.05) is 0 Å². The van der Waals surface area contributed by atoms with E-state index < -0.39 is 0 Å². The molecule has 1 atom stereocenters. The van der Waals surface area contributed by atoms with Crippen molar-refractivity contribution >= 4 is 0 Å². The minimum absolute atomic E-state index is 0.625. The van der Waals surface area contributed by atoms with Crippen molar-refractivity contribution in [1.82, 2.24) is 5.32 Å². The number of hydrogen-bond donors (Lipinski definition) is 1. The average Bonchev–Trinajstić information content (AvgIpc) is 2.35. The quantitative estimate of drug-likeness (QED) is 0.620. The van der Waals surface area contributed by atoms with Crippen molar-refractivity contribution < 1.29 is 0 Å². The maximum absolute atomic E-state index is 3.45. The zero-order valence-electron chi connectivity index (χ0n) is 7.41. The molecule has 0 amide bonds. The second-order valence-electron chi connectivity index (χ2n) is 3.80. The minimum atomic E-state index is 0.625. The Bertz CT molecular complexity index is 101. The van der Waals surface area contributed by atoms with Gasteiger partial charge in [-0.2, -0.15) is 0 Å². The molecule has 0 saturated carbocycles. The predicted molar refractivity (Wildman–Crippen MR) is 45.0 cm³/mol. The van der Waals surface area contributed by atoms with Gasteiger partial charge in [0.2, 0.25) is 0 Å². The van der Waals surface area contributed by atoms with Crippen LogP contribution in [-0.4, -0.2) is 13.1 Å². The van der Waals surface area contributed by atoms with E-state index in [0.717, 1.165) is 5.92 Å². The molecule has 0 aromatic heterocycles. The highest BCUT2D eigenvalue weighted by Crippen LogP contribution is 2.36. The maximum Gasteiger partial charge on any atom is 0.00106 e. The second kappa shape index (κ2) is 2.91. The first-order valence-electron chi connectivity index (χ1n) is 4.42. The predicted octanol–water partition coefficient (Wildman–Crippen LogP) is 2.03. The number of rotatable bonds is 2. The molecule has 1 N–H and O–H groups in total. The lowest BCUT2D eigenvalue weighted by Crippen LogP contribution is -2.28. The highest BCUT2D eigenvalue weighted by Gasteiger charge is 2.34. The Morgan fingerprint density at radius 3 is 2.40 bits per heavy atom. The third-order valence-corrected chi connectivity index (χ3v) is 3.21. The van der Waals surface area contributed by atoms with E-state index in [1.54, 1.807) is 0 Å². The van der Waals surface area contributed by atoms with Gasteiger partial charge in [0, 0.05) is 6.54 Å². The summed E-state index contributed by atoms with van der Waals surface area (Å²) in [7, 11) is 0. The van der Waals surface area contributed by atoms with Crippen LogP contribution in [0.25, 0.3) is 0 Å². The van der Waals surface area contributed by atoms with Crippen molar-refractivity contribution in [2.45, 2.75) is 33.6 Å². The number of hydrogen-bond acceptors (Lipinski definition) is 1. The van der Waals surface area contributed by atoms with E-state index in [4.69, 9.17) is 0 Å². The molecule has 1 aliphatic rings. The molecule has 1 nitrogen and oxygen atoms in total. The average molecular weight is 141 g/mol. The van der Waals surface area contributed by atoms with Gasteiger partial charge in [-0.25, -0.2) is 0 Å². The van der Waals surface area contributed by atoms with Crippen LogP contribution < -0.4 is 5.32 Å². The fourth-order valence-corrected chi connectivity index (χ4v) is 1.97. The summed E-state index contributed by atoms with van der Waals surface area (Å²) in [5, 5.41) is 3.45. The van der Waals surface area contributed by atoms with Crippen molar-refractivity contribution in [3.05, 3.63) is 0 Å². The summed E-state index contributed by atoms with van der Waals surface area (Å²) in [5.41, 5.74) is 0.625. The second-order valence-corrected chi connectivity index (χ2v) is 3.80. The number of nitrogens with one attached hydrogen (secondary N) is 1. The maximum atomic E-state index is 3.45. The van der Waals surface area contributed by atoms with E-state index in [-0.39, 0.29) is 0 Å². The molecular formula is C9H19N. The fraction of sp³-hybridized carbons (Fsp3) is 1.00. The molecule has 1 heterocycles. The molecule has 1 aliphatic heterocycles. The monoisotopic (exact) mass is 141 g/mol. The Kier molecular flexibility index (Phi) is 2.35. The highest BCUT2D eigenvalue weighted by atomic mass is 14.9. The van der Waals surface area contributed by atoms with E-state index in [9.17, 15) is 0 Å². The third-order valence-electron chi connectivity index (χ3n) is 3.21. The molecule has 0 radical (unpaired) electrons. The van der Waals surface area contributed by atoms with Gasteiger partial charge in [0.1, 0.15) is 0 Å². The Hall–Kier alpha value is -0.0400. The summed E-state index contributed by atoms with van der Waals surface area (Å²) in [5.74, 6) is 0.840. The van der Waals surface area contributed by atoms with Crippen LogP contribution in [0, 0.1) is 11.3 Å². The molecule has 0 bridgehead atoms. The first kappa shape index (κ1) is 8.06. The van der Waals surface area contributed by atoms with Crippen molar-refractivity contribution in [3.63, 3.8) is 0 Å². The Balaban J connectivity index is 2.58. The molecule has 0 unspecified atom stereocenters. The molecule has 1 fully saturated rings. The lowest BCUT2D eigenvalue weighted by molar-refractivity contribution is 0.209. The van der Waals surface area contributed by atoms with Gasteiger partial charge in [-0.15, -0.1) is 0 Å². The lowest BCUT2D eigenvalue weighted by Gasteiger charge is -2.31. The van der Waals surface area contributed by atoms with Crippen LogP contribution in [0.2, 0.25) is 0 Å². The van der Waals surface area contributed by atoms with Gasteiger partial charge in [-0.3, -0.25) is 0 Å². The molecular weight excluding hydrogens is 122 g/mol. The van der Waals surface area contributed by atoms with Gasteiger partial charge in [0.25, 0.3) is 0 Å². The van der Waals surface area contributed by atoms with Crippen molar-refractivity contribution in [3.8, 4) is 0 Å². The van der Waals surface area contributed by atoms with Crippen LogP contribution in [0.1, 0.15) is 33.6 Å². The minimum Gasteiger partial charge on any atom is -0.316 e. The summed E-state index contributed by atoms with van der Waals surface area (Å²) in [6.07, 6.45) is 2.71. The normalized spacial score (nSPS) is 33.6. The Labute approximate surface area is 64.2 Å². The third kappa shape index (κ3) is 1.20. The van der Waals surface area contributed by atoms with E-state index in [2.05, 4.69) is 26.1 Å². The van der Waals surface area contributed by atoms with Gasteiger partial charge in [0.05, 0.1) is 0 Å². The smallest absolute Gasteiger partial charge is 0.00106 e. The summed E-state index contributed by atoms with van der Waals surface area (Å²) in [6, 6.07) is 0. The van der Waals surface area contributed by atoms with Gasteiger partial charge in [0.15, 0.2) is 0 Å². The van der Waals surface area contributed by atoms with Crippen molar-refractivity contribution in [2.75, 3.05) is 13.1 Å². The topological polar surface area (TPSA) is 12.0 Å². The van der Waals surface area contributed by atoms with Gasteiger partial charge in [-0.1, -0.05) is 20.8 Å². The Morgan fingerprint density at radius 1 is 1.50 bits per heavy atom. The van der Waals surface area contributed by atoms with Crippen LogP contribution in [-0.2, 0) is 0 Å². The van der Waals surface area contributed by atoms with Gasteiger partial charge < -0.3 is 5.32 Å². The van der Waals surface area contributed by atoms with Crippen molar-refractivity contribution in [2.24, 2.45) is 11.3 Å². The first-order chi connectivity index (χ1) is 4.71. The zero-order valence-corrected chi connectivity index (χ0v) is 7.41. The van der Waals surface area contributed by atoms with Crippen LogP contribution in [0.5, 0.6) is 0 Å². The van der Waals surface area contributed by atoms with Crippen LogP contribution in [0.4, 0.5) is 0 Å². The summed E-state index contributed by atoms with van der Waals surface area (Å²) in [6.45, 7) is 9.47. The van der Waals surface area contributed by atoms with Crippen LogP contribution in [0.15, 0.2) is 0 Å². The Morgan fingerprint density at radius 2 is 2.20 bits per heavy atom. The molecule has 60 valence electrons. The summed E-state index contributed by atoms with van der Waals surface area (Å²) >= 11 is 0. The molecule has 1 saturated heterocycles. The molecule has 10 heavy (non-hydrogen) atoms. The van der Waals surface area contributed by atoms with Crippen LogP contribution >= 0.6 is 0 Å².